The second-order valence-corrected chi connectivity index (χ2v) is 6.40. The van der Waals surface area contributed by atoms with Gasteiger partial charge < -0.3 is 9.13 Å². The topological polar surface area (TPSA) is 50.8 Å². The minimum Gasteiger partial charge on any atom is -0.314 e. The van der Waals surface area contributed by atoms with Crippen LogP contribution in [0.5, 0.6) is 0 Å². The van der Waals surface area contributed by atoms with Crippen LogP contribution in [0.15, 0.2) is 48.7 Å². The predicted molar refractivity (Wildman–Crippen MR) is 95.4 cm³/mol. The second-order valence-electron chi connectivity index (χ2n) is 5.58. The number of benzene rings is 2. The molecule has 0 saturated carbocycles. The van der Waals surface area contributed by atoms with Crippen molar-refractivity contribution < 1.29 is 9.18 Å². The van der Waals surface area contributed by atoms with Crippen LogP contribution in [0.3, 0.4) is 0 Å². The summed E-state index contributed by atoms with van der Waals surface area (Å²) in [5, 5.41) is 9.07. The summed E-state index contributed by atoms with van der Waals surface area (Å²) in [4.78, 5) is 12.4. The zero-order chi connectivity index (χ0) is 18.1. The molecule has 0 fully saturated rings. The van der Waals surface area contributed by atoms with Crippen LogP contribution in [0.4, 0.5) is 4.39 Å². The maximum absolute atomic E-state index is 13.0. The van der Waals surface area contributed by atoms with Crippen molar-refractivity contribution in [1.29, 1.82) is 5.41 Å². The van der Waals surface area contributed by atoms with E-state index in [1.165, 1.54) is 28.8 Å². The molecule has 0 bridgehead atoms. The Morgan fingerprint density at radius 1 is 1.12 bits per heavy atom. The first kappa shape index (κ1) is 17.5. The first-order valence-corrected chi connectivity index (χ1v) is 8.17. The summed E-state index contributed by atoms with van der Waals surface area (Å²) in [6.07, 6.45) is 1.71. The number of nitrogens with one attached hydrogen (secondary N) is 1. The van der Waals surface area contributed by atoms with E-state index in [1.54, 1.807) is 36.0 Å². The smallest absolute Gasteiger partial charge is 0.202 e. The highest BCUT2D eigenvalue weighted by Gasteiger charge is 2.13. The van der Waals surface area contributed by atoms with Crippen LogP contribution < -0.4 is 5.62 Å². The third-order valence-electron chi connectivity index (χ3n) is 3.92. The van der Waals surface area contributed by atoms with Crippen molar-refractivity contribution >= 4 is 29.0 Å². The molecule has 0 aliphatic heterocycles. The number of nitrogens with zero attached hydrogens (tertiary/aromatic N) is 2. The van der Waals surface area contributed by atoms with E-state index in [-0.39, 0.29) is 17.9 Å². The summed E-state index contributed by atoms with van der Waals surface area (Å²) < 4.78 is 16.2. The number of halogens is 3. The van der Waals surface area contributed by atoms with Crippen molar-refractivity contribution in [3.05, 3.63) is 75.7 Å². The zero-order valence-corrected chi connectivity index (χ0v) is 14.8. The van der Waals surface area contributed by atoms with E-state index in [2.05, 4.69) is 0 Å². The summed E-state index contributed by atoms with van der Waals surface area (Å²) in [7, 11) is 1.74. The molecular weight excluding hydrogens is 364 g/mol. The van der Waals surface area contributed by atoms with Crippen molar-refractivity contribution in [3.8, 4) is 11.3 Å². The Hall–Kier alpha value is -2.37. The molecule has 0 amide bonds. The quantitative estimate of drug-likeness (QED) is 0.676. The molecule has 4 nitrogen and oxygen atoms in total. The predicted octanol–water partition coefficient (Wildman–Crippen LogP) is 4.30. The molecule has 0 unspecified atom stereocenters. The second kappa shape index (κ2) is 6.86. The number of ketones is 1. The van der Waals surface area contributed by atoms with Gasteiger partial charge in [-0.2, -0.15) is 0 Å². The van der Waals surface area contributed by atoms with Crippen molar-refractivity contribution in [1.82, 2.24) is 9.13 Å². The highest BCUT2D eigenvalue weighted by atomic mass is 35.5. The van der Waals surface area contributed by atoms with Crippen LogP contribution in [0.2, 0.25) is 10.0 Å². The van der Waals surface area contributed by atoms with E-state index in [4.69, 9.17) is 28.6 Å². The monoisotopic (exact) mass is 377 g/mol. The van der Waals surface area contributed by atoms with Gasteiger partial charge in [0.05, 0.1) is 22.3 Å². The number of hydrogen-bond donors (Lipinski definition) is 1. The van der Waals surface area contributed by atoms with E-state index >= 15 is 0 Å². The molecule has 0 radical (unpaired) electrons. The fraction of sp³-hybridized carbons (Fsp3) is 0.111. The normalized spacial score (nSPS) is 10.9. The van der Waals surface area contributed by atoms with Crippen LogP contribution in [0.25, 0.3) is 11.3 Å². The molecule has 0 spiro atoms. The summed E-state index contributed by atoms with van der Waals surface area (Å²) in [6.45, 7) is -0.0143. The van der Waals surface area contributed by atoms with Crippen LogP contribution in [0.1, 0.15) is 10.4 Å². The maximum atomic E-state index is 13.0. The molecule has 0 aliphatic carbocycles. The SMILES string of the molecule is Cn1c(-c2ccc(Cl)c(Cl)c2)cn(CC(=O)c2ccc(F)cc2)c1=N. The van der Waals surface area contributed by atoms with Gasteiger partial charge in [-0.3, -0.25) is 10.2 Å². The Bertz CT molecular complexity index is 1010. The number of rotatable bonds is 4. The molecule has 1 N–H and O–H groups in total. The first-order chi connectivity index (χ1) is 11.9. The summed E-state index contributed by atoms with van der Waals surface area (Å²) >= 11 is 12.0. The number of aromatic nitrogens is 2. The fourth-order valence-corrected chi connectivity index (χ4v) is 2.83. The number of hydrogen-bond acceptors (Lipinski definition) is 2. The molecule has 7 heteroatoms. The Morgan fingerprint density at radius 3 is 2.44 bits per heavy atom. The number of carbonyl (C=O) groups excluding carboxylic acids is 1. The van der Waals surface area contributed by atoms with Gasteiger partial charge in [-0.05, 0) is 36.4 Å². The standard InChI is InChI=1S/C18H14Cl2FN3O/c1-23-16(12-4-7-14(19)15(20)8-12)9-24(18(23)22)10-17(25)11-2-5-13(21)6-3-11/h2-9,22H,10H2,1H3. The average molecular weight is 378 g/mol. The number of imidazole rings is 1. The Labute approximate surface area is 153 Å². The summed E-state index contributed by atoms with van der Waals surface area (Å²) in [6, 6.07) is 10.6. The van der Waals surface area contributed by atoms with Gasteiger partial charge in [0.15, 0.2) is 5.78 Å². The van der Waals surface area contributed by atoms with E-state index < -0.39 is 5.82 Å². The largest absolute Gasteiger partial charge is 0.314 e. The van der Waals surface area contributed by atoms with Gasteiger partial charge in [0.2, 0.25) is 5.62 Å². The maximum Gasteiger partial charge on any atom is 0.202 e. The molecule has 0 atom stereocenters. The lowest BCUT2D eigenvalue weighted by Crippen LogP contribution is -2.25. The summed E-state index contributed by atoms with van der Waals surface area (Å²) in [5.74, 6) is -0.600. The molecule has 0 aliphatic rings. The Morgan fingerprint density at radius 2 is 1.80 bits per heavy atom. The minimum absolute atomic E-state index is 0.0143. The third-order valence-corrected chi connectivity index (χ3v) is 4.66. The molecule has 128 valence electrons. The molecule has 25 heavy (non-hydrogen) atoms. The van der Waals surface area contributed by atoms with Crippen LogP contribution in [-0.2, 0) is 13.6 Å². The van der Waals surface area contributed by atoms with E-state index in [1.807, 2.05) is 0 Å². The minimum atomic E-state index is -0.396. The molecule has 1 heterocycles. The Kier molecular flexibility index (Phi) is 4.79. The third kappa shape index (κ3) is 3.52. The molecule has 3 rings (SSSR count). The van der Waals surface area contributed by atoms with E-state index in [0.717, 1.165) is 11.3 Å². The molecule has 2 aromatic carbocycles. The van der Waals surface area contributed by atoms with Crippen molar-refractivity contribution in [3.63, 3.8) is 0 Å². The average Bonchev–Trinajstić information content (AvgIpc) is 2.86. The molecule has 1 aromatic heterocycles. The van der Waals surface area contributed by atoms with E-state index in [9.17, 15) is 9.18 Å². The molecular formula is C18H14Cl2FN3O. The lowest BCUT2D eigenvalue weighted by atomic mass is 10.1. The van der Waals surface area contributed by atoms with Crippen molar-refractivity contribution in [2.45, 2.75) is 6.54 Å². The number of Topliss-reactive ketones (excluding diaryl/α,β-unsaturated/α-hetero) is 1. The summed E-state index contributed by atoms with van der Waals surface area (Å²) in [5.41, 5.74) is 2.08. The van der Waals surface area contributed by atoms with Gasteiger partial charge in [-0.15, -0.1) is 0 Å². The van der Waals surface area contributed by atoms with Crippen LogP contribution in [-0.4, -0.2) is 14.9 Å². The van der Waals surface area contributed by atoms with Crippen molar-refractivity contribution in [2.24, 2.45) is 7.05 Å². The van der Waals surface area contributed by atoms with Gasteiger partial charge >= 0.3 is 0 Å². The van der Waals surface area contributed by atoms with Gasteiger partial charge in [0.25, 0.3) is 0 Å². The van der Waals surface area contributed by atoms with Gasteiger partial charge in [0.1, 0.15) is 5.82 Å². The lowest BCUT2D eigenvalue weighted by Gasteiger charge is -2.03. The van der Waals surface area contributed by atoms with Gasteiger partial charge in [-0.1, -0.05) is 29.3 Å². The molecule has 3 aromatic rings. The zero-order valence-electron chi connectivity index (χ0n) is 13.3. The fourth-order valence-electron chi connectivity index (χ4n) is 2.53. The first-order valence-electron chi connectivity index (χ1n) is 7.42. The number of carbonyl (C=O) groups is 1. The lowest BCUT2D eigenvalue weighted by molar-refractivity contribution is 0.0970. The highest BCUT2D eigenvalue weighted by molar-refractivity contribution is 6.42. The Balaban J connectivity index is 1.93. The van der Waals surface area contributed by atoms with Gasteiger partial charge in [0, 0.05) is 24.4 Å². The van der Waals surface area contributed by atoms with E-state index in [0.29, 0.717) is 15.6 Å². The highest BCUT2D eigenvalue weighted by Crippen LogP contribution is 2.27. The van der Waals surface area contributed by atoms with Crippen LogP contribution in [0, 0.1) is 11.2 Å². The van der Waals surface area contributed by atoms with Gasteiger partial charge in [-0.25, -0.2) is 4.39 Å². The van der Waals surface area contributed by atoms with Crippen LogP contribution >= 0.6 is 23.2 Å². The van der Waals surface area contributed by atoms with Crippen molar-refractivity contribution in [2.75, 3.05) is 0 Å². The molecule has 0 saturated heterocycles.